The first kappa shape index (κ1) is 18.1. The zero-order valence-electron chi connectivity index (χ0n) is 14.8. The molecule has 0 atom stereocenters. The molecule has 0 saturated heterocycles. The summed E-state index contributed by atoms with van der Waals surface area (Å²) in [5.74, 6) is 1.96. The Morgan fingerprint density at radius 1 is 0.893 bits per heavy atom. The second-order valence-electron chi connectivity index (χ2n) is 6.15. The molecule has 0 saturated carbocycles. The van der Waals surface area contributed by atoms with Crippen molar-refractivity contribution in [1.29, 1.82) is 0 Å². The summed E-state index contributed by atoms with van der Waals surface area (Å²) in [5, 5.41) is 11.0. The van der Waals surface area contributed by atoms with E-state index < -0.39 is 10.0 Å². The van der Waals surface area contributed by atoms with Crippen LogP contribution in [0.1, 0.15) is 5.56 Å². The fourth-order valence-corrected chi connectivity index (χ4v) is 3.72. The van der Waals surface area contributed by atoms with Gasteiger partial charge in [-0.05, 0) is 36.2 Å². The summed E-state index contributed by atoms with van der Waals surface area (Å²) in [6.45, 7) is 0.206. The number of hydrogen-bond donors (Lipinski definition) is 2. The number of hydrogen-bond acceptors (Lipinski definition) is 7. The predicted octanol–water partition coefficient (Wildman–Crippen LogP) is 2.93. The fourth-order valence-electron chi connectivity index (χ4n) is 2.68. The van der Waals surface area contributed by atoms with Crippen LogP contribution >= 0.6 is 0 Å². The van der Waals surface area contributed by atoms with E-state index >= 15 is 0 Å². The van der Waals surface area contributed by atoms with Gasteiger partial charge < -0.3 is 14.8 Å². The summed E-state index contributed by atoms with van der Waals surface area (Å²) in [6.07, 6.45) is 0.424. The van der Waals surface area contributed by atoms with Crippen LogP contribution in [0.25, 0.3) is 0 Å². The first-order valence-electron chi connectivity index (χ1n) is 8.62. The molecule has 8 nitrogen and oxygen atoms in total. The van der Waals surface area contributed by atoms with Crippen molar-refractivity contribution in [3.05, 3.63) is 66.2 Å². The van der Waals surface area contributed by atoms with E-state index in [4.69, 9.17) is 9.47 Å². The molecule has 0 bridgehead atoms. The number of sulfonamides is 1. The van der Waals surface area contributed by atoms with Crippen molar-refractivity contribution in [2.24, 2.45) is 0 Å². The largest absolute Gasteiger partial charge is 0.454 e. The number of benzene rings is 2. The summed E-state index contributed by atoms with van der Waals surface area (Å²) in [7, 11) is -3.51. The Kier molecular flexibility index (Phi) is 4.98. The average molecular weight is 398 g/mol. The number of nitrogens with zero attached hydrogens (tertiary/aromatic N) is 2. The van der Waals surface area contributed by atoms with Crippen LogP contribution in [0.2, 0.25) is 0 Å². The first-order valence-corrected chi connectivity index (χ1v) is 10.3. The van der Waals surface area contributed by atoms with Crippen molar-refractivity contribution in [3.63, 3.8) is 0 Å². The van der Waals surface area contributed by atoms with Crippen molar-refractivity contribution in [2.45, 2.75) is 6.42 Å². The van der Waals surface area contributed by atoms with E-state index in [1.54, 1.807) is 24.3 Å². The lowest BCUT2D eigenvalue weighted by molar-refractivity contribution is 0.174. The van der Waals surface area contributed by atoms with Gasteiger partial charge in [0.25, 0.3) is 0 Å². The molecule has 0 fully saturated rings. The van der Waals surface area contributed by atoms with Crippen molar-refractivity contribution in [2.75, 3.05) is 22.6 Å². The van der Waals surface area contributed by atoms with Gasteiger partial charge in [-0.15, -0.1) is 10.2 Å². The van der Waals surface area contributed by atoms with Gasteiger partial charge in [0.05, 0.1) is 5.75 Å². The highest BCUT2D eigenvalue weighted by Crippen LogP contribution is 2.34. The number of rotatable bonds is 7. The van der Waals surface area contributed by atoms with E-state index in [-0.39, 0.29) is 18.4 Å². The molecule has 144 valence electrons. The topological polar surface area (TPSA) is 102 Å². The minimum absolute atomic E-state index is 0.0319. The maximum absolute atomic E-state index is 12.2. The highest BCUT2D eigenvalue weighted by atomic mass is 32.2. The quantitative estimate of drug-likeness (QED) is 0.631. The molecule has 2 N–H and O–H groups in total. The molecule has 0 radical (unpaired) electrons. The summed E-state index contributed by atoms with van der Waals surface area (Å²) in [4.78, 5) is 0. The lowest BCUT2D eigenvalue weighted by atomic mass is 10.2. The Bertz CT molecular complexity index is 1060. The highest BCUT2D eigenvalue weighted by Gasteiger charge is 2.14. The van der Waals surface area contributed by atoms with Crippen LogP contribution in [0.4, 0.5) is 17.3 Å². The van der Waals surface area contributed by atoms with Crippen LogP contribution < -0.4 is 19.5 Å². The number of anilines is 3. The smallest absolute Gasteiger partial charge is 0.234 e. The number of fused-ring (bicyclic) bond motifs is 1. The fraction of sp³-hybridized carbons (Fsp3) is 0.158. The summed E-state index contributed by atoms with van der Waals surface area (Å²) in [5.41, 5.74) is 1.72. The molecule has 1 aromatic heterocycles. The van der Waals surface area contributed by atoms with Crippen LogP contribution in [-0.2, 0) is 16.4 Å². The zero-order chi connectivity index (χ0) is 19.4. The molecule has 3 aromatic rings. The summed E-state index contributed by atoms with van der Waals surface area (Å²) >= 11 is 0. The number of aryl methyl sites for hydroxylation is 1. The SMILES string of the molecule is O=S(=O)(CCc1ccccc1)Nc1ccc(Nc2ccc3c(c2)OCO3)nn1. The molecule has 0 amide bonds. The van der Waals surface area contributed by atoms with Gasteiger partial charge >= 0.3 is 0 Å². The third-order valence-electron chi connectivity index (χ3n) is 4.07. The molecule has 0 spiro atoms. The maximum Gasteiger partial charge on any atom is 0.234 e. The van der Waals surface area contributed by atoms with Gasteiger partial charge in [-0.1, -0.05) is 30.3 Å². The van der Waals surface area contributed by atoms with Gasteiger partial charge in [0.2, 0.25) is 16.8 Å². The lowest BCUT2D eigenvalue weighted by Crippen LogP contribution is -2.19. The Hall–Kier alpha value is -3.33. The molecular weight excluding hydrogens is 380 g/mol. The van der Waals surface area contributed by atoms with Crippen LogP contribution in [-0.4, -0.2) is 31.2 Å². The van der Waals surface area contributed by atoms with Crippen molar-refractivity contribution in [3.8, 4) is 11.5 Å². The average Bonchev–Trinajstić information content (AvgIpc) is 3.17. The number of aromatic nitrogens is 2. The van der Waals surface area contributed by atoms with Gasteiger partial charge in [0, 0.05) is 11.8 Å². The lowest BCUT2D eigenvalue weighted by Gasteiger charge is -2.09. The standard InChI is InChI=1S/C19H18N4O4S/c24-28(25,11-10-14-4-2-1-3-5-14)23-19-9-8-18(21-22-19)20-15-6-7-16-17(12-15)27-13-26-16/h1-9,12H,10-11,13H2,(H,20,21)(H,22,23). The van der Waals surface area contributed by atoms with E-state index in [0.717, 1.165) is 11.3 Å². The van der Waals surface area contributed by atoms with Crippen molar-refractivity contribution in [1.82, 2.24) is 10.2 Å². The van der Waals surface area contributed by atoms with Crippen molar-refractivity contribution < 1.29 is 17.9 Å². The van der Waals surface area contributed by atoms with E-state index in [1.807, 2.05) is 36.4 Å². The number of nitrogens with one attached hydrogen (secondary N) is 2. The van der Waals surface area contributed by atoms with Crippen molar-refractivity contribution >= 4 is 27.3 Å². The Morgan fingerprint density at radius 2 is 1.64 bits per heavy atom. The third-order valence-corrected chi connectivity index (χ3v) is 5.33. The summed E-state index contributed by atoms with van der Waals surface area (Å²) in [6, 6.07) is 18.1. The van der Waals surface area contributed by atoms with E-state index in [9.17, 15) is 8.42 Å². The molecule has 0 aliphatic carbocycles. The highest BCUT2D eigenvalue weighted by molar-refractivity contribution is 7.92. The minimum Gasteiger partial charge on any atom is -0.454 e. The van der Waals surface area contributed by atoms with Gasteiger partial charge in [-0.3, -0.25) is 4.72 Å². The molecule has 1 aliphatic rings. The van der Waals surface area contributed by atoms with E-state index in [2.05, 4.69) is 20.2 Å². The molecule has 28 heavy (non-hydrogen) atoms. The van der Waals surface area contributed by atoms with E-state index in [0.29, 0.717) is 23.7 Å². The molecule has 2 aromatic carbocycles. The maximum atomic E-state index is 12.2. The third kappa shape index (κ3) is 4.49. The molecule has 1 aliphatic heterocycles. The van der Waals surface area contributed by atoms with Gasteiger partial charge in [0.1, 0.15) is 0 Å². The Morgan fingerprint density at radius 3 is 2.43 bits per heavy atom. The van der Waals surface area contributed by atoms with Gasteiger partial charge in [-0.25, -0.2) is 8.42 Å². The van der Waals surface area contributed by atoms with Crippen LogP contribution in [0.3, 0.4) is 0 Å². The van der Waals surface area contributed by atoms with Gasteiger partial charge in [0.15, 0.2) is 23.1 Å². The van der Waals surface area contributed by atoms with Gasteiger partial charge in [-0.2, -0.15) is 0 Å². The predicted molar refractivity (Wildman–Crippen MR) is 105 cm³/mol. The second kappa shape index (κ2) is 7.73. The van der Waals surface area contributed by atoms with Crippen LogP contribution in [0.5, 0.6) is 11.5 Å². The molecular formula is C19H18N4O4S. The molecule has 9 heteroatoms. The second-order valence-corrected chi connectivity index (χ2v) is 8.00. The first-order chi connectivity index (χ1) is 13.6. The Labute approximate surface area is 162 Å². The minimum atomic E-state index is -3.51. The van der Waals surface area contributed by atoms with E-state index in [1.165, 1.54) is 0 Å². The molecule has 2 heterocycles. The molecule has 4 rings (SSSR count). The zero-order valence-corrected chi connectivity index (χ0v) is 15.6. The Balaban J connectivity index is 1.36. The normalized spacial score (nSPS) is 12.6. The number of ether oxygens (including phenoxy) is 2. The van der Waals surface area contributed by atoms with Crippen LogP contribution in [0, 0.1) is 0 Å². The molecule has 0 unspecified atom stereocenters. The van der Waals surface area contributed by atoms with Crippen LogP contribution in [0.15, 0.2) is 60.7 Å². The monoisotopic (exact) mass is 398 g/mol. The summed E-state index contributed by atoms with van der Waals surface area (Å²) < 4.78 is 37.5.